The summed E-state index contributed by atoms with van der Waals surface area (Å²) in [6.07, 6.45) is 4.57. The second-order valence-electron chi connectivity index (χ2n) is 5.52. The Morgan fingerprint density at radius 3 is 3.05 bits per heavy atom. The average Bonchev–Trinajstić information content (AvgIpc) is 2.88. The Balaban J connectivity index is 1.66. The Morgan fingerprint density at radius 2 is 2.14 bits per heavy atom. The summed E-state index contributed by atoms with van der Waals surface area (Å²) in [4.78, 5) is 38.8. The molecule has 21 heavy (non-hydrogen) atoms. The molecule has 1 unspecified atom stereocenters. The summed E-state index contributed by atoms with van der Waals surface area (Å²) >= 11 is 0. The van der Waals surface area contributed by atoms with Gasteiger partial charge in [0.15, 0.2) is 0 Å². The van der Waals surface area contributed by atoms with Crippen molar-refractivity contribution in [3.63, 3.8) is 0 Å². The monoisotopic (exact) mass is 285 g/mol. The van der Waals surface area contributed by atoms with Crippen molar-refractivity contribution in [2.75, 3.05) is 24.5 Å². The molecule has 2 aromatic rings. The lowest BCUT2D eigenvalue weighted by Gasteiger charge is -2.38. The van der Waals surface area contributed by atoms with E-state index in [1.54, 1.807) is 12.3 Å². The molecule has 2 aliphatic heterocycles. The number of rotatable bonds is 1. The van der Waals surface area contributed by atoms with Crippen LogP contribution in [0.3, 0.4) is 0 Å². The third kappa shape index (κ3) is 1.96. The van der Waals surface area contributed by atoms with E-state index >= 15 is 0 Å². The summed E-state index contributed by atoms with van der Waals surface area (Å²) < 4.78 is 0. The highest BCUT2D eigenvalue weighted by Gasteiger charge is 2.35. The molecule has 2 aliphatic rings. The second kappa shape index (κ2) is 4.54. The summed E-state index contributed by atoms with van der Waals surface area (Å²) in [5, 5.41) is 0.549. The van der Waals surface area contributed by atoms with Gasteiger partial charge in [-0.15, -0.1) is 0 Å². The lowest BCUT2D eigenvalue weighted by Crippen LogP contribution is -2.51. The molecule has 1 amide bonds. The fourth-order valence-corrected chi connectivity index (χ4v) is 3.21. The fourth-order valence-electron chi connectivity index (χ4n) is 3.21. The SMILES string of the molecule is O=C1CCC2CN(c3cc4c(=O)[nH]cnc4cn3)CCN12. The number of anilines is 1. The number of aromatic nitrogens is 3. The predicted octanol–water partition coefficient (Wildman–Crippen LogP) is 0.129. The van der Waals surface area contributed by atoms with Crippen molar-refractivity contribution >= 4 is 22.6 Å². The van der Waals surface area contributed by atoms with Crippen LogP contribution < -0.4 is 10.5 Å². The van der Waals surface area contributed by atoms with E-state index in [2.05, 4.69) is 19.9 Å². The number of hydrogen-bond acceptors (Lipinski definition) is 5. The number of piperazine rings is 1. The minimum absolute atomic E-state index is 0.154. The van der Waals surface area contributed by atoms with E-state index in [-0.39, 0.29) is 17.5 Å². The van der Waals surface area contributed by atoms with Gasteiger partial charge < -0.3 is 14.8 Å². The quantitative estimate of drug-likeness (QED) is 0.805. The minimum atomic E-state index is -0.154. The molecule has 108 valence electrons. The normalized spacial score (nSPS) is 21.9. The number of nitrogens with zero attached hydrogens (tertiary/aromatic N) is 4. The Labute approximate surface area is 120 Å². The zero-order valence-corrected chi connectivity index (χ0v) is 11.5. The number of carbonyl (C=O) groups is 1. The summed E-state index contributed by atoms with van der Waals surface area (Å²) in [6, 6.07) is 2.06. The third-order valence-corrected chi connectivity index (χ3v) is 4.33. The molecule has 1 atom stereocenters. The highest BCUT2D eigenvalue weighted by molar-refractivity contribution is 5.80. The van der Waals surface area contributed by atoms with Gasteiger partial charge in [-0.25, -0.2) is 9.97 Å². The van der Waals surface area contributed by atoms with Gasteiger partial charge in [0.25, 0.3) is 5.56 Å². The molecule has 0 radical (unpaired) electrons. The number of hydrogen-bond donors (Lipinski definition) is 1. The number of aromatic amines is 1. The van der Waals surface area contributed by atoms with Gasteiger partial charge in [-0.3, -0.25) is 9.59 Å². The summed E-state index contributed by atoms with van der Waals surface area (Å²) in [6.45, 7) is 2.26. The van der Waals surface area contributed by atoms with E-state index in [0.717, 1.165) is 31.9 Å². The van der Waals surface area contributed by atoms with Gasteiger partial charge >= 0.3 is 0 Å². The maximum Gasteiger partial charge on any atom is 0.258 e. The molecule has 0 aromatic carbocycles. The zero-order valence-electron chi connectivity index (χ0n) is 11.5. The number of carbonyl (C=O) groups excluding carboxylic acids is 1. The van der Waals surface area contributed by atoms with E-state index in [1.807, 2.05) is 4.90 Å². The van der Waals surface area contributed by atoms with E-state index in [1.165, 1.54) is 6.33 Å². The Bertz CT molecular complexity index is 771. The van der Waals surface area contributed by atoms with Gasteiger partial charge in [-0.1, -0.05) is 0 Å². The number of H-pyrrole nitrogens is 1. The highest BCUT2D eigenvalue weighted by atomic mass is 16.2. The largest absolute Gasteiger partial charge is 0.353 e. The van der Waals surface area contributed by atoms with Crippen LogP contribution in [0.15, 0.2) is 23.4 Å². The molecule has 7 nitrogen and oxygen atoms in total. The van der Waals surface area contributed by atoms with E-state index in [4.69, 9.17) is 0 Å². The molecule has 0 spiro atoms. The Kier molecular flexibility index (Phi) is 2.66. The fraction of sp³-hybridized carbons (Fsp3) is 0.429. The lowest BCUT2D eigenvalue weighted by molar-refractivity contribution is -0.129. The van der Waals surface area contributed by atoms with Crippen molar-refractivity contribution in [2.24, 2.45) is 0 Å². The van der Waals surface area contributed by atoms with Crippen LogP contribution in [0.2, 0.25) is 0 Å². The molecule has 2 fully saturated rings. The third-order valence-electron chi connectivity index (χ3n) is 4.33. The minimum Gasteiger partial charge on any atom is -0.353 e. The van der Waals surface area contributed by atoms with Crippen molar-refractivity contribution in [3.05, 3.63) is 28.9 Å². The maximum atomic E-state index is 11.8. The summed E-state index contributed by atoms with van der Waals surface area (Å²) in [5.74, 6) is 1.03. The highest BCUT2D eigenvalue weighted by Crippen LogP contribution is 2.26. The molecule has 0 bridgehead atoms. The average molecular weight is 285 g/mol. The molecule has 0 aliphatic carbocycles. The Hall–Kier alpha value is -2.44. The van der Waals surface area contributed by atoms with Crippen molar-refractivity contribution < 1.29 is 4.79 Å². The zero-order chi connectivity index (χ0) is 14.4. The first kappa shape index (κ1) is 12.3. The van der Waals surface area contributed by atoms with Gasteiger partial charge in [0, 0.05) is 32.1 Å². The van der Waals surface area contributed by atoms with Crippen LogP contribution in [-0.2, 0) is 4.79 Å². The van der Waals surface area contributed by atoms with Crippen molar-refractivity contribution in [1.29, 1.82) is 0 Å². The predicted molar refractivity (Wildman–Crippen MR) is 77.1 cm³/mol. The topological polar surface area (TPSA) is 82.2 Å². The number of amides is 1. The Morgan fingerprint density at radius 1 is 1.24 bits per heavy atom. The number of fused-ring (bicyclic) bond motifs is 2. The van der Waals surface area contributed by atoms with Crippen LogP contribution >= 0.6 is 0 Å². The number of pyridine rings is 1. The van der Waals surface area contributed by atoms with E-state index in [9.17, 15) is 9.59 Å². The van der Waals surface area contributed by atoms with E-state index < -0.39 is 0 Å². The van der Waals surface area contributed by atoms with Crippen molar-refractivity contribution in [2.45, 2.75) is 18.9 Å². The smallest absolute Gasteiger partial charge is 0.258 e. The van der Waals surface area contributed by atoms with E-state index in [0.29, 0.717) is 17.3 Å². The van der Waals surface area contributed by atoms with Gasteiger partial charge in [0.05, 0.1) is 23.4 Å². The first-order chi connectivity index (χ1) is 10.2. The van der Waals surface area contributed by atoms with Crippen LogP contribution in [0.4, 0.5) is 5.82 Å². The van der Waals surface area contributed by atoms with Gasteiger partial charge in [0.1, 0.15) is 5.82 Å². The van der Waals surface area contributed by atoms with Crippen LogP contribution in [-0.4, -0.2) is 51.4 Å². The van der Waals surface area contributed by atoms with Gasteiger partial charge in [-0.2, -0.15) is 0 Å². The molecular weight excluding hydrogens is 270 g/mol. The summed E-state index contributed by atoms with van der Waals surface area (Å²) in [5.41, 5.74) is 0.440. The number of nitrogens with one attached hydrogen (secondary N) is 1. The molecular formula is C14H15N5O2. The van der Waals surface area contributed by atoms with Crippen LogP contribution in [0.1, 0.15) is 12.8 Å². The van der Waals surface area contributed by atoms with Crippen molar-refractivity contribution in [3.8, 4) is 0 Å². The lowest BCUT2D eigenvalue weighted by atomic mass is 10.1. The van der Waals surface area contributed by atoms with Crippen LogP contribution in [0.25, 0.3) is 10.9 Å². The molecule has 4 heterocycles. The van der Waals surface area contributed by atoms with Crippen molar-refractivity contribution in [1.82, 2.24) is 19.9 Å². The molecule has 2 saturated heterocycles. The molecule has 0 saturated carbocycles. The summed E-state index contributed by atoms with van der Waals surface area (Å²) in [7, 11) is 0. The first-order valence-corrected chi connectivity index (χ1v) is 7.10. The molecule has 4 rings (SSSR count). The molecule has 2 aromatic heterocycles. The molecule has 1 N–H and O–H groups in total. The van der Waals surface area contributed by atoms with Crippen LogP contribution in [0.5, 0.6) is 0 Å². The second-order valence-corrected chi connectivity index (χ2v) is 5.52. The molecule has 7 heteroatoms. The van der Waals surface area contributed by atoms with Gasteiger partial charge in [0.2, 0.25) is 5.91 Å². The first-order valence-electron chi connectivity index (χ1n) is 7.10. The van der Waals surface area contributed by atoms with Gasteiger partial charge in [-0.05, 0) is 12.5 Å². The standard InChI is InChI=1S/C14H15N5O2/c20-13-2-1-9-7-18(3-4-19(9)13)12-5-10-11(6-15-12)16-8-17-14(10)21/h5-6,8-9H,1-4,7H2,(H,16,17,21). The van der Waals surface area contributed by atoms with Crippen LogP contribution in [0, 0.1) is 0 Å². The maximum absolute atomic E-state index is 11.8.